The van der Waals surface area contributed by atoms with Gasteiger partial charge < -0.3 is 10.1 Å². The molecule has 0 saturated heterocycles. The summed E-state index contributed by atoms with van der Waals surface area (Å²) in [5, 5.41) is 2.90. The summed E-state index contributed by atoms with van der Waals surface area (Å²) >= 11 is 5.11. The first-order chi connectivity index (χ1) is 9.20. The number of carbonyl (C=O) groups excluding carboxylic acids is 1. The lowest BCUT2D eigenvalue weighted by atomic mass is 10.2. The number of rotatable bonds is 5. The molecule has 2 aromatic rings. The van der Waals surface area contributed by atoms with Crippen LogP contribution in [-0.4, -0.2) is 19.6 Å². The second kappa shape index (κ2) is 6.73. The standard InChI is InChI=1S/C14H14BrNO2S/c1-18-12-5-3-2-4-11(12)14(17)16-9-8-10-6-7-13(15)19-10/h2-7H,8-9H2,1H3,(H,16,17). The summed E-state index contributed by atoms with van der Waals surface area (Å²) in [6.07, 6.45) is 0.831. The van der Waals surface area contributed by atoms with E-state index in [4.69, 9.17) is 4.74 Å². The Kier molecular flexibility index (Phi) is 4.99. The summed E-state index contributed by atoms with van der Waals surface area (Å²) in [7, 11) is 1.56. The fourth-order valence-corrected chi connectivity index (χ4v) is 3.20. The van der Waals surface area contributed by atoms with E-state index in [0.717, 1.165) is 10.2 Å². The highest BCUT2D eigenvalue weighted by molar-refractivity contribution is 9.11. The summed E-state index contributed by atoms with van der Waals surface area (Å²) in [5.41, 5.74) is 0.567. The number of hydrogen-bond donors (Lipinski definition) is 1. The predicted molar refractivity (Wildman–Crippen MR) is 81.1 cm³/mol. The van der Waals surface area contributed by atoms with Crippen molar-refractivity contribution in [2.45, 2.75) is 6.42 Å². The van der Waals surface area contributed by atoms with Crippen LogP contribution in [0.3, 0.4) is 0 Å². The molecule has 0 aliphatic heterocycles. The zero-order valence-electron chi connectivity index (χ0n) is 10.5. The average Bonchev–Trinajstić information content (AvgIpc) is 2.84. The van der Waals surface area contributed by atoms with Gasteiger partial charge in [-0.15, -0.1) is 11.3 Å². The molecule has 1 heterocycles. The van der Waals surface area contributed by atoms with Gasteiger partial charge in [0.25, 0.3) is 5.91 Å². The third kappa shape index (κ3) is 3.81. The maximum atomic E-state index is 12.0. The highest BCUT2D eigenvalue weighted by atomic mass is 79.9. The molecule has 1 aromatic heterocycles. The van der Waals surface area contributed by atoms with Crippen molar-refractivity contribution in [2.24, 2.45) is 0 Å². The Morgan fingerprint density at radius 1 is 1.32 bits per heavy atom. The smallest absolute Gasteiger partial charge is 0.255 e. The zero-order chi connectivity index (χ0) is 13.7. The number of halogens is 1. The first-order valence-corrected chi connectivity index (χ1v) is 7.47. The summed E-state index contributed by atoms with van der Waals surface area (Å²) in [6, 6.07) is 11.3. The van der Waals surface area contributed by atoms with Crippen molar-refractivity contribution in [2.75, 3.05) is 13.7 Å². The highest BCUT2D eigenvalue weighted by Crippen LogP contribution is 2.22. The van der Waals surface area contributed by atoms with E-state index in [9.17, 15) is 4.79 Å². The number of methoxy groups -OCH3 is 1. The molecule has 0 saturated carbocycles. The number of carbonyl (C=O) groups is 1. The first kappa shape index (κ1) is 14.1. The highest BCUT2D eigenvalue weighted by Gasteiger charge is 2.10. The second-order valence-corrected chi connectivity index (χ2v) is 6.46. The average molecular weight is 340 g/mol. The zero-order valence-corrected chi connectivity index (χ0v) is 12.9. The number of benzene rings is 1. The number of nitrogens with one attached hydrogen (secondary N) is 1. The molecule has 0 radical (unpaired) electrons. The number of thiophene rings is 1. The minimum atomic E-state index is -0.104. The quantitative estimate of drug-likeness (QED) is 0.905. The van der Waals surface area contributed by atoms with Gasteiger partial charge in [0, 0.05) is 11.4 Å². The van der Waals surface area contributed by atoms with Crippen LogP contribution >= 0.6 is 27.3 Å². The molecule has 0 aliphatic rings. The molecule has 1 aromatic carbocycles. The Morgan fingerprint density at radius 2 is 2.11 bits per heavy atom. The molecule has 5 heteroatoms. The van der Waals surface area contributed by atoms with Crippen LogP contribution in [0.1, 0.15) is 15.2 Å². The topological polar surface area (TPSA) is 38.3 Å². The van der Waals surface area contributed by atoms with Crippen LogP contribution in [0.4, 0.5) is 0 Å². The van der Waals surface area contributed by atoms with E-state index in [1.165, 1.54) is 4.88 Å². The molecule has 0 fully saturated rings. The van der Waals surface area contributed by atoms with Gasteiger partial charge in [0.05, 0.1) is 16.5 Å². The summed E-state index contributed by atoms with van der Waals surface area (Å²) in [4.78, 5) is 13.3. The molecular weight excluding hydrogens is 326 g/mol. The number of amides is 1. The van der Waals surface area contributed by atoms with E-state index in [1.54, 1.807) is 30.6 Å². The lowest BCUT2D eigenvalue weighted by molar-refractivity contribution is 0.0951. The van der Waals surface area contributed by atoms with Crippen LogP contribution in [-0.2, 0) is 6.42 Å². The molecule has 1 amide bonds. The molecule has 0 aliphatic carbocycles. The van der Waals surface area contributed by atoms with Crippen molar-refractivity contribution in [3.63, 3.8) is 0 Å². The van der Waals surface area contributed by atoms with Gasteiger partial charge in [-0.3, -0.25) is 4.79 Å². The van der Waals surface area contributed by atoms with E-state index in [1.807, 2.05) is 18.2 Å². The molecular formula is C14H14BrNO2S. The number of hydrogen-bond acceptors (Lipinski definition) is 3. The third-order valence-corrected chi connectivity index (χ3v) is 4.32. The summed E-state index contributed by atoms with van der Waals surface area (Å²) < 4.78 is 6.28. The summed E-state index contributed by atoms with van der Waals surface area (Å²) in [5.74, 6) is 0.493. The molecule has 1 N–H and O–H groups in total. The Balaban J connectivity index is 1.90. The van der Waals surface area contributed by atoms with Crippen LogP contribution in [0.15, 0.2) is 40.2 Å². The monoisotopic (exact) mass is 339 g/mol. The van der Waals surface area contributed by atoms with E-state index >= 15 is 0 Å². The van der Waals surface area contributed by atoms with Gasteiger partial charge in [-0.1, -0.05) is 12.1 Å². The van der Waals surface area contributed by atoms with Gasteiger partial charge in [0.2, 0.25) is 0 Å². The van der Waals surface area contributed by atoms with Crippen molar-refractivity contribution in [1.29, 1.82) is 0 Å². The molecule has 0 bridgehead atoms. The molecule has 0 atom stereocenters. The van der Waals surface area contributed by atoms with Gasteiger partial charge >= 0.3 is 0 Å². The number of para-hydroxylation sites is 1. The molecule has 19 heavy (non-hydrogen) atoms. The van der Waals surface area contributed by atoms with Gasteiger partial charge in [-0.05, 0) is 46.6 Å². The normalized spacial score (nSPS) is 10.2. The van der Waals surface area contributed by atoms with E-state index < -0.39 is 0 Å². The fraction of sp³-hybridized carbons (Fsp3) is 0.214. The SMILES string of the molecule is COc1ccccc1C(=O)NCCc1ccc(Br)s1. The van der Waals surface area contributed by atoms with Crippen LogP contribution in [0.2, 0.25) is 0 Å². The second-order valence-electron chi connectivity index (χ2n) is 3.91. The lowest BCUT2D eigenvalue weighted by Crippen LogP contribution is -2.25. The largest absolute Gasteiger partial charge is 0.496 e. The molecule has 3 nitrogen and oxygen atoms in total. The van der Waals surface area contributed by atoms with Crippen molar-refractivity contribution in [1.82, 2.24) is 5.32 Å². The minimum Gasteiger partial charge on any atom is -0.496 e. The maximum Gasteiger partial charge on any atom is 0.255 e. The van der Waals surface area contributed by atoms with E-state index in [-0.39, 0.29) is 5.91 Å². The molecule has 0 spiro atoms. The maximum absolute atomic E-state index is 12.0. The Labute approximate surface area is 124 Å². The molecule has 2 rings (SSSR count). The Hall–Kier alpha value is -1.33. The Morgan fingerprint density at radius 3 is 2.79 bits per heavy atom. The van der Waals surface area contributed by atoms with Gasteiger partial charge in [-0.25, -0.2) is 0 Å². The van der Waals surface area contributed by atoms with Crippen LogP contribution in [0.25, 0.3) is 0 Å². The number of ether oxygens (including phenoxy) is 1. The molecule has 0 unspecified atom stereocenters. The van der Waals surface area contributed by atoms with Crippen molar-refractivity contribution in [3.05, 3.63) is 50.6 Å². The Bertz CT molecular complexity index is 568. The van der Waals surface area contributed by atoms with Crippen molar-refractivity contribution < 1.29 is 9.53 Å². The minimum absolute atomic E-state index is 0.104. The van der Waals surface area contributed by atoms with Gasteiger partial charge in [0.15, 0.2) is 0 Å². The van der Waals surface area contributed by atoms with Crippen molar-refractivity contribution in [3.8, 4) is 5.75 Å². The fourth-order valence-electron chi connectivity index (χ4n) is 1.71. The van der Waals surface area contributed by atoms with Gasteiger partial charge in [0.1, 0.15) is 5.75 Å². The van der Waals surface area contributed by atoms with E-state index in [2.05, 4.69) is 27.3 Å². The van der Waals surface area contributed by atoms with Crippen LogP contribution in [0, 0.1) is 0 Å². The van der Waals surface area contributed by atoms with Crippen LogP contribution in [0.5, 0.6) is 5.75 Å². The van der Waals surface area contributed by atoms with E-state index in [0.29, 0.717) is 17.9 Å². The third-order valence-electron chi connectivity index (χ3n) is 2.64. The van der Waals surface area contributed by atoms with Crippen molar-refractivity contribution >= 4 is 33.2 Å². The summed E-state index contributed by atoms with van der Waals surface area (Å²) in [6.45, 7) is 0.615. The molecule has 100 valence electrons. The van der Waals surface area contributed by atoms with Gasteiger partial charge in [-0.2, -0.15) is 0 Å². The lowest BCUT2D eigenvalue weighted by Gasteiger charge is -2.08. The first-order valence-electron chi connectivity index (χ1n) is 5.86. The van der Waals surface area contributed by atoms with Crippen LogP contribution < -0.4 is 10.1 Å². The predicted octanol–water partition coefficient (Wildman–Crippen LogP) is 3.49.